The molecule has 4 rings (SSSR count). The van der Waals surface area contributed by atoms with Crippen LogP contribution in [0.3, 0.4) is 0 Å². The molecule has 2 aromatic carbocycles. The van der Waals surface area contributed by atoms with E-state index in [1.165, 1.54) is 10.6 Å². The maximum Gasteiger partial charge on any atom is 0.243 e. The number of carbonyl (C=O) groups is 1. The molecule has 174 valence electrons. The summed E-state index contributed by atoms with van der Waals surface area (Å²) < 4.78 is 29.2. The number of aryl methyl sites for hydroxylation is 2. The first-order valence-electron chi connectivity index (χ1n) is 11.1. The number of hydrogen-bond acceptors (Lipinski definition) is 5. The van der Waals surface area contributed by atoms with Crippen molar-refractivity contribution < 1.29 is 13.2 Å². The average Bonchev–Trinajstić information content (AvgIpc) is 3.33. The number of amides is 1. The molecule has 0 radical (unpaired) electrons. The number of nitrogens with zero attached hydrogens (tertiary/aromatic N) is 4. The SMILES string of the molecule is Cc1ccc(S(=O)(=O)N2CCC(C(=O)NCc3ccc(Cn4cncn4)cc3)CC2)cc1C. The van der Waals surface area contributed by atoms with Crippen LogP contribution in [0.4, 0.5) is 0 Å². The summed E-state index contributed by atoms with van der Waals surface area (Å²) in [6.07, 6.45) is 4.22. The van der Waals surface area contributed by atoms with Crippen molar-refractivity contribution in [3.8, 4) is 0 Å². The number of nitrogens with one attached hydrogen (secondary N) is 1. The summed E-state index contributed by atoms with van der Waals surface area (Å²) in [5, 5.41) is 7.10. The van der Waals surface area contributed by atoms with E-state index in [1.54, 1.807) is 23.1 Å². The van der Waals surface area contributed by atoms with Gasteiger partial charge in [-0.15, -0.1) is 0 Å². The van der Waals surface area contributed by atoms with Gasteiger partial charge in [-0.2, -0.15) is 9.40 Å². The number of benzene rings is 2. The number of hydrogen-bond donors (Lipinski definition) is 1. The van der Waals surface area contributed by atoms with Crippen molar-refractivity contribution in [1.82, 2.24) is 24.4 Å². The molecule has 0 atom stereocenters. The number of carbonyl (C=O) groups excluding carboxylic acids is 1. The van der Waals surface area contributed by atoms with Gasteiger partial charge >= 0.3 is 0 Å². The molecule has 0 unspecified atom stereocenters. The van der Waals surface area contributed by atoms with Gasteiger partial charge in [0, 0.05) is 25.6 Å². The van der Waals surface area contributed by atoms with Crippen LogP contribution in [0.2, 0.25) is 0 Å². The van der Waals surface area contributed by atoms with Gasteiger partial charge in [-0.3, -0.25) is 4.79 Å². The van der Waals surface area contributed by atoms with Crippen LogP contribution >= 0.6 is 0 Å². The monoisotopic (exact) mass is 467 g/mol. The molecule has 1 aliphatic rings. The second-order valence-electron chi connectivity index (χ2n) is 8.55. The van der Waals surface area contributed by atoms with Crippen molar-refractivity contribution in [2.45, 2.75) is 44.7 Å². The lowest BCUT2D eigenvalue weighted by molar-refractivity contribution is -0.126. The molecule has 9 heteroatoms. The van der Waals surface area contributed by atoms with Crippen molar-refractivity contribution in [2.75, 3.05) is 13.1 Å². The largest absolute Gasteiger partial charge is 0.352 e. The molecule has 1 saturated heterocycles. The Morgan fingerprint density at radius 2 is 1.73 bits per heavy atom. The zero-order chi connectivity index (χ0) is 23.4. The van der Waals surface area contributed by atoms with Crippen LogP contribution in [0, 0.1) is 19.8 Å². The number of piperidine rings is 1. The molecule has 1 aromatic heterocycles. The third-order valence-corrected chi connectivity index (χ3v) is 8.14. The molecule has 0 bridgehead atoms. The highest BCUT2D eigenvalue weighted by Crippen LogP contribution is 2.25. The van der Waals surface area contributed by atoms with E-state index in [-0.39, 0.29) is 11.8 Å². The van der Waals surface area contributed by atoms with Crippen LogP contribution in [0.5, 0.6) is 0 Å². The number of rotatable bonds is 7. The van der Waals surface area contributed by atoms with Gasteiger partial charge in [0.05, 0.1) is 11.4 Å². The highest BCUT2D eigenvalue weighted by molar-refractivity contribution is 7.89. The van der Waals surface area contributed by atoms with E-state index in [0.717, 1.165) is 22.3 Å². The Morgan fingerprint density at radius 1 is 1.03 bits per heavy atom. The predicted molar refractivity (Wildman–Crippen MR) is 125 cm³/mol. The lowest BCUT2D eigenvalue weighted by Gasteiger charge is -2.30. The van der Waals surface area contributed by atoms with E-state index >= 15 is 0 Å². The number of aromatic nitrogens is 3. The van der Waals surface area contributed by atoms with Gasteiger partial charge < -0.3 is 5.32 Å². The van der Waals surface area contributed by atoms with Crippen LogP contribution < -0.4 is 5.32 Å². The van der Waals surface area contributed by atoms with Crippen molar-refractivity contribution >= 4 is 15.9 Å². The van der Waals surface area contributed by atoms with Gasteiger partial charge in [0.1, 0.15) is 12.7 Å². The third-order valence-electron chi connectivity index (χ3n) is 6.24. The van der Waals surface area contributed by atoms with Crippen LogP contribution in [0.1, 0.15) is 35.1 Å². The Hall–Kier alpha value is -3.04. The second kappa shape index (κ2) is 9.84. The quantitative estimate of drug-likeness (QED) is 0.576. The Balaban J connectivity index is 1.27. The van der Waals surface area contributed by atoms with Crippen molar-refractivity contribution in [3.63, 3.8) is 0 Å². The Morgan fingerprint density at radius 3 is 2.36 bits per heavy atom. The Bertz CT molecular complexity index is 1200. The zero-order valence-electron chi connectivity index (χ0n) is 18.9. The molecule has 3 aromatic rings. The fraction of sp³-hybridized carbons (Fsp3) is 0.375. The summed E-state index contributed by atoms with van der Waals surface area (Å²) in [5.74, 6) is -0.201. The summed E-state index contributed by atoms with van der Waals surface area (Å²) in [6.45, 7) is 5.67. The van der Waals surface area contributed by atoms with Gasteiger partial charge in [-0.05, 0) is 61.1 Å². The molecular weight excluding hydrogens is 438 g/mol. The first-order chi connectivity index (χ1) is 15.8. The Kier molecular flexibility index (Phi) is 6.90. The lowest BCUT2D eigenvalue weighted by atomic mass is 9.97. The highest BCUT2D eigenvalue weighted by atomic mass is 32.2. The fourth-order valence-electron chi connectivity index (χ4n) is 3.98. The van der Waals surface area contributed by atoms with E-state index in [2.05, 4.69) is 15.4 Å². The summed E-state index contributed by atoms with van der Waals surface area (Å²) in [5.41, 5.74) is 4.14. The number of sulfonamides is 1. The summed E-state index contributed by atoms with van der Waals surface area (Å²) in [7, 11) is -3.54. The standard InChI is InChI=1S/C24H29N5O3S/c1-18-3-8-23(13-19(18)2)33(31,32)29-11-9-22(10-12-29)24(30)26-14-20-4-6-21(7-5-20)15-28-17-25-16-27-28/h3-8,13,16-17,22H,9-12,14-15H2,1-2H3,(H,26,30). The first-order valence-corrected chi connectivity index (χ1v) is 12.5. The maximum absolute atomic E-state index is 13.0. The maximum atomic E-state index is 13.0. The van der Waals surface area contributed by atoms with Crippen molar-refractivity contribution in [1.29, 1.82) is 0 Å². The van der Waals surface area contributed by atoms with Crippen LogP contribution in [0.25, 0.3) is 0 Å². The first kappa shape index (κ1) is 23.1. The minimum Gasteiger partial charge on any atom is -0.352 e. The normalized spacial score (nSPS) is 15.5. The van der Waals surface area contributed by atoms with Gasteiger partial charge in [0.2, 0.25) is 15.9 Å². The van der Waals surface area contributed by atoms with E-state index in [1.807, 2.05) is 44.2 Å². The van der Waals surface area contributed by atoms with Gasteiger partial charge in [0.15, 0.2) is 0 Å². The van der Waals surface area contributed by atoms with Crippen molar-refractivity contribution in [2.24, 2.45) is 5.92 Å². The van der Waals surface area contributed by atoms with Gasteiger partial charge in [-0.1, -0.05) is 30.3 Å². The third kappa shape index (κ3) is 5.48. The molecule has 33 heavy (non-hydrogen) atoms. The zero-order valence-corrected chi connectivity index (χ0v) is 19.8. The summed E-state index contributed by atoms with van der Waals surface area (Å²) in [6, 6.07) is 13.2. The lowest BCUT2D eigenvalue weighted by Crippen LogP contribution is -2.42. The van der Waals surface area contributed by atoms with Crippen LogP contribution in [-0.4, -0.2) is 46.5 Å². The molecule has 8 nitrogen and oxygen atoms in total. The van der Waals surface area contributed by atoms with Crippen LogP contribution in [0.15, 0.2) is 60.0 Å². The molecule has 0 spiro atoms. The van der Waals surface area contributed by atoms with Gasteiger partial charge in [0.25, 0.3) is 0 Å². The molecule has 1 aliphatic heterocycles. The second-order valence-corrected chi connectivity index (χ2v) is 10.5. The average molecular weight is 468 g/mol. The van der Waals surface area contributed by atoms with E-state index < -0.39 is 10.0 Å². The smallest absolute Gasteiger partial charge is 0.243 e. The van der Waals surface area contributed by atoms with E-state index in [4.69, 9.17) is 0 Å². The molecule has 1 fully saturated rings. The molecule has 1 N–H and O–H groups in total. The predicted octanol–water partition coefficient (Wildman–Crippen LogP) is 2.66. The van der Waals surface area contributed by atoms with Crippen molar-refractivity contribution in [3.05, 3.63) is 77.4 Å². The molecule has 2 heterocycles. The van der Waals surface area contributed by atoms with Crippen LogP contribution in [-0.2, 0) is 27.9 Å². The summed E-state index contributed by atoms with van der Waals surface area (Å²) in [4.78, 5) is 16.9. The minimum absolute atomic E-state index is 0.0232. The molecule has 1 amide bonds. The fourth-order valence-corrected chi connectivity index (χ4v) is 5.53. The van der Waals surface area contributed by atoms with E-state index in [9.17, 15) is 13.2 Å². The van der Waals surface area contributed by atoms with E-state index in [0.29, 0.717) is 43.9 Å². The molecular formula is C24H29N5O3S. The Labute approximate surface area is 194 Å². The minimum atomic E-state index is -3.54. The highest BCUT2D eigenvalue weighted by Gasteiger charge is 2.32. The topological polar surface area (TPSA) is 97.2 Å². The molecule has 0 saturated carbocycles. The van der Waals surface area contributed by atoms with Gasteiger partial charge in [-0.25, -0.2) is 18.1 Å². The summed E-state index contributed by atoms with van der Waals surface area (Å²) >= 11 is 0. The molecule has 0 aliphatic carbocycles.